The predicted octanol–water partition coefficient (Wildman–Crippen LogP) is 2.65. The highest BCUT2D eigenvalue weighted by atomic mass is 32.1. The van der Waals surface area contributed by atoms with E-state index in [4.69, 9.17) is 0 Å². The van der Waals surface area contributed by atoms with Crippen LogP contribution < -0.4 is 10.6 Å². The minimum Gasteiger partial charge on any atom is -0.383 e. The number of nitrogens with zero attached hydrogens (tertiary/aromatic N) is 2. The van der Waals surface area contributed by atoms with Crippen molar-refractivity contribution in [2.45, 2.75) is 6.92 Å². The van der Waals surface area contributed by atoms with E-state index in [-0.39, 0.29) is 16.9 Å². The number of rotatable bonds is 4. The summed E-state index contributed by atoms with van der Waals surface area (Å²) in [5.41, 5.74) is 0.0356. The lowest BCUT2D eigenvalue weighted by Gasteiger charge is -2.06. The maximum atomic E-state index is 12.1. The second-order valence-electron chi connectivity index (χ2n) is 3.94. The third-order valence-electron chi connectivity index (χ3n) is 2.57. The van der Waals surface area contributed by atoms with Crippen LogP contribution in [0.3, 0.4) is 0 Å². The number of nitro benzene ring substituents is 1. The number of carbonyl (C=O) groups is 1. The number of thiazole rings is 1. The molecule has 0 aliphatic rings. The lowest BCUT2D eigenvalue weighted by atomic mass is 10.1. The molecule has 0 aliphatic heterocycles. The minimum atomic E-state index is -0.576. The SMILES string of the molecule is CNc1cccc(C(=O)Nc2ncc(C)s2)c1[N+](=O)[O-]. The van der Waals surface area contributed by atoms with Gasteiger partial charge >= 0.3 is 5.69 Å². The van der Waals surface area contributed by atoms with E-state index >= 15 is 0 Å². The molecule has 0 saturated heterocycles. The Balaban J connectivity index is 2.36. The zero-order valence-corrected chi connectivity index (χ0v) is 11.7. The number of nitrogens with one attached hydrogen (secondary N) is 2. The quantitative estimate of drug-likeness (QED) is 0.667. The average molecular weight is 292 g/mol. The molecule has 2 aromatic rings. The van der Waals surface area contributed by atoms with Crippen molar-refractivity contribution in [2.75, 3.05) is 17.7 Å². The zero-order chi connectivity index (χ0) is 14.7. The van der Waals surface area contributed by atoms with Crippen LogP contribution in [0.5, 0.6) is 0 Å². The number of hydrogen-bond donors (Lipinski definition) is 2. The van der Waals surface area contributed by atoms with Crippen molar-refractivity contribution in [2.24, 2.45) is 0 Å². The summed E-state index contributed by atoms with van der Waals surface area (Å²) in [5.74, 6) is -0.553. The van der Waals surface area contributed by atoms with Crippen LogP contribution in [-0.4, -0.2) is 22.9 Å². The molecule has 0 saturated carbocycles. The van der Waals surface area contributed by atoms with Gasteiger partial charge in [-0.05, 0) is 19.1 Å². The van der Waals surface area contributed by atoms with Crippen molar-refractivity contribution in [3.63, 3.8) is 0 Å². The van der Waals surface area contributed by atoms with E-state index < -0.39 is 10.8 Å². The zero-order valence-electron chi connectivity index (χ0n) is 10.8. The number of amides is 1. The van der Waals surface area contributed by atoms with Gasteiger partial charge in [-0.1, -0.05) is 6.07 Å². The topological polar surface area (TPSA) is 97.2 Å². The largest absolute Gasteiger partial charge is 0.383 e. The van der Waals surface area contributed by atoms with Gasteiger partial charge in [-0.15, -0.1) is 11.3 Å². The molecule has 1 aromatic carbocycles. The van der Waals surface area contributed by atoms with Crippen LogP contribution in [0.1, 0.15) is 15.2 Å². The molecule has 7 nitrogen and oxygen atoms in total. The van der Waals surface area contributed by atoms with E-state index in [0.29, 0.717) is 5.13 Å². The van der Waals surface area contributed by atoms with Gasteiger partial charge in [0.15, 0.2) is 5.13 Å². The Morgan fingerprint density at radius 3 is 2.75 bits per heavy atom. The monoisotopic (exact) mass is 292 g/mol. The third kappa shape index (κ3) is 2.75. The fraction of sp³-hybridized carbons (Fsp3) is 0.167. The highest BCUT2D eigenvalue weighted by Crippen LogP contribution is 2.29. The third-order valence-corrected chi connectivity index (χ3v) is 3.40. The molecule has 0 unspecified atom stereocenters. The molecule has 1 aromatic heterocycles. The summed E-state index contributed by atoms with van der Waals surface area (Å²) >= 11 is 1.31. The number of anilines is 2. The first-order chi connectivity index (χ1) is 9.52. The van der Waals surface area contributed by atoms with Crippen molar-refractivity contribution in [3.8, 4) is 0 Å². The molecule has 1 heterocycles. The van der Waals surface area contributed by atoms with Crippen LogP contribution in [0.2, 0.25) is 0 Å². The summed E-state index contributed by atoms with van der Waals surface area (Å²) in [7, 11) is 1.56. The van der Waals surface area contributed by atoms with Crippen molar-refractivity contribution < 1.29 is 9.72 Å². The van der Waals surface area contributed by atoms with Crippen LogP contribution in [0.25, 0.3) is 0 Å². The Bertz CT molecular complexity index is 668. The van der Waals surface area contributed by atoms with E-state index in [1.807, 2.05) is 6.92 Å². The molecule has 104 valence electrons. The Labute approximate surface area is 118 Å². The van der Waals surface area contributed by atoms with Gasteiger partial charge in [-0.25, -0.2) is 4.98 Å². The number of para-hydroxylation sites is 1. The first-order valence-corrected chi connectivity index (χ1v) is 6.53. The van der Waals surface area contributed by atoms with Crippen LogP contribution >= 0.6 is 11.3 Å². The summed E-state index contributed by atoms with van der Waals surface area (Å²) in [6.45, 7) is 1.86. The molecule has 2 N–H and O–H groups in total. The molecule has 20 heavy (non-hydrogen) atoms. The van der Waals surface area contributed by atoms with E-state index in [1.165, 1.54) is 17.4 Å². The van der Waals surface area contributed by atoms with Gasteiger partial charge < -0.3 is 5.32 Å². The molecule has 0 bridgehead atoms. The number of aromatic nitrogens is 1. The van der Waals surface area contributed by atoms with Crippen molar-refractivity contribution in [1.82, 2.24) is 4.98 Å². The minimum absolute atomic E-state index is 0.00490. The van der Waals surface area contributed by atoms with Gasteiger partial charge in [0.05, 0.1) is 4.92 Å². The first kappa shape index (κ1) is 13.9. The molecule has 0 radical (unpaired) electrons. The molecule has 8 heteroatoms. The molecule has 1 amide bonds. The van der Waals surface area contributed by atoms with Gasteiger partial charge in [-0.2, -0.15) is 0 Å². The van der Waals surface area contributed by atoms with E-state index in [2.05, 4.69) is 15.6 Å². The molecular formula is C12H12N4O3S. The second-order valence-corrected chi connectivity index (χ2v) is 5.17. The summed E-state index contributed by atoms with van der Waals surface area (Å²) in [6, 6.07) is 4.54. The maximum Gasteiger partial charge on any atom is 0.305 e. The molecule has 0 aliphatic carbocycles. The Hall–Kier alpha value is -2.48. The van der Waals surface area contributed by atoms with Crippen LogP contribution in [0.4, 0.5) is 16.5 Å². The molecule has 0 atom stereocenters. The number of benzene rings is 1. The van der Waals surface area contributed by atoms with E-state index in [0.717, 1.165) is 4.88 Å². The van der Waals surface area contributed by atoms with Crippen LogP contribution in [0, 0.1) is 17.0 Å². The van der Waals surface area contributed by atoms with Crippen LogP contribution in [0.15, 0.2) is 24.4 Å². The Morgan fingerprint density at radius 2 is 2.20 bits per heavy atom. The second kappa shape index (κ2) is 5.66. The Kier molecular flexibility index (Phi) is 3.94. The van der Waals surface area contributed by atoms with Crippen molar-refractivity contribution in [3.05, 3.63) is 45.0 Å². The summed E-state index contributed by atoms with van der Waals surface area (Å²) in [6.07, 6.45) is 1.62. The maximum absolute atomic E-state index is 12.1. The van der Waals surface area contributed by atoms with Gasteiger partial charge in [0, 0.05) is 18.1 Å². The fourth-order valence-corrected chi connectivity index (χ4v) is 2.36. The van der Waals surface area contributed by atoms with E-state index in [9.17, 15) is 14.9 Å². The molecular weight excluding hydrogens is 280 g/mol. The standard InChI is InChI=1S/C12H12N4O3S/c1-7-6-14-12(20-7)15-11(17)8-4-3-5-9(13-2)10(8)16(18)19/h3-6,13H,1-2H3,(H,14,15,17). The lowest BCUT2D eigenvalue weighted by molar-refractivity contribution is -0.384. The molecule has 2 rings (SSSR count). The lowest BCUT2D eigenvalue weighted by Crippen LogP contribution is -2.14. The Morgan fingerprint density at radius 1 is 1.45 bits per heavy atom. The highest BCUT2D eigenvalue weighted by Gasteiger charge is 2.24. The summed E-state index contributed by atoms with van der Waals surface area (Å²) < 4.78 is 0. The highest BCUT2D eigenvalue weighted by molar-refractivity contribution is 7.15. The number of hydrogen-bond acceptors (Lipinski definition) is 6. The van der Waals surface area contributed by atoms with Gasteiger partial charge in [0.25, 0.3) is 5.91 Å². The molecule has 0 spiro atoms. The van der Waals surface area contributed by atoms with E-state index in [1.54, 1.807) is 25.4 Å². The number of aryl methyl sites for hydroxylation is 1. The molecule has 0 fully saturated rings. The normalized spacial score (nSPS) is 10.1. The van der Waals surface area contributed by atoms with Gasteiger partial charge in [0.1, 0.15) is 11.3 Å². The predicted molar refractivity (Wildman–Crippen MR) is 77.4 cm³/mol. The number of nitro groups is 1. The van der Waals surface area contributed by atoms with Crippen molar-refractivity contribution in [1.29, 1.82) is 0 Å². The fourth-order valence-electron chi connectivity index (χ4n) is 1.70. The average Bonchev–Trinajstić information content (AvgIpc) is 2.82. The van der Waals surface area contributed by atoms with Gasteiger partial charge in [0.2, 0.25) is 0 Å². The number of carbonyl (C=O) groups excluding carboxylic acids is 1. The van der Waals surface area contributed by atoms with Crippen LogP contribution in [-0.2, 0) is 0 Å². The first-order valence-electron chi connectivity index (χ1n) is 5.72. The van der Waals surface area contributed by atoms with Gasteiger partial charge in [-0.3, -0.25) is 20.2 Å². The summed E-state index contributed by atoms with van der Waals surface area (Å²) in [5, 5.41) is 16.8. The smallest absolute Gasteiger partial charge is 0.305 e. The van der Waals surface area contributed by atoms with Crippen molar-refractivity contribution >= 4 is 33.8 Å². The summed E-state index contributed by atoms with van der Waals surface area (Å²) in [4.78, 5) is 27.6.